The second-order valence-corrected chi connectivity index (χ2v) is 4.71. The van der Waals surface area contributed by atoms with E-state index in [2.05, 4.69) is 23.6 Å². The molecule has 0 aliphatic heterocycles. The Balaban J connectivity index is 4.12. The molecule has 0 saturated carbocycles. The maximum Gasteiger partial charge on any atom is 0.320 e. The third kappa shape index (κ3) is 6.80. The molecular formula is C12H26N2O2. The first-order valence-corrected chi connectivity index (χ1v) is 5.95. The summed E-state index contributed by atoms with van der Waals surface area (Å²) in [5, 5.41) is 0. The van der Waals surface area contributed by atoms with E-state index in [4.69, 9.17) is 4.74 Å². The fraction of sp³-hybridized carbons (Fsp3) is 0.917. The lowest BCUT2D eigenvalue weighted by molar-refractivity contribution is -0.149. The van der Waals surface area contributed by atoms with Gasteiger partial charge in [-0.3, -0.25) is 9.69 Å². The van der Waals surface area contributed by atoms with E-state index in [1.807, 2.05) is 27.9 Å². The summed E-state index contributed by atoms with van der Waals surface area (Å²) in [6.07, 6.45) is -0.0321. The zero-order chi connectivity index (χ0) is 12.7. The van der Waals surface area contributed by atoms with Crippen LogP contribution >= 0.6 is 0 Å². The van der Waals surface area contributed by atoms with Gasteiger partial charge in [-0.15, -0.1) is 0 Å². The molecule has 0 aromatic rings. The molecule has 0 aliphatic carbocycles. The fourth-order valence-electron chi connectivity index (χ4n) is 1.69. The Morgan fingerprint density at radius 2 is 1.81 bits per heavy atom. The first-order valence-electron chi connectivity index (χ1n) is 5.95. The molecule has 0 heterocycles. The van der Waals surface area contributed by atoms with Crippen LogP contribution in [0, 0.1) is 0 Å². The Bertz CT molecular complexity index is 205. The Labute approximate surface area is 99.5 Å². The van der Waals surface area contributed by atoms with Crippen LogP contribution in [-0.4, -0.2) is 61.6 Å². The maximum atomic E-state index is 11.5. The lowest BCUT2D eigenvalue weighted by Gasteiger charge is -2.29. The lowest BCUT2D eigenvalue weighted by atomic mass is 10.2. The minimum absolute atomic E-state index is 0.0321. The number of hydrogen-bond donors (Lipinski definition) is 0. The standard InChI is InChI=1S/C12H26N2O2/c1-7-14(11(4)8-13(5)6)9-12(15)16-10(2)3/h10-11H,7-9H2,1-6H3. The highest BCUT2D eigenvalue weighted by atomic mass is 16.5. The van der Waals surface area contributed by atoms with Gasteiger partial charge in [-0.05, 0) is 41.4 Å². The van der Waals surface area contributed by atoms with Crippen molar-refractivity contribution in [3.63, 3.8) is 0 Å². The fourth-order valence-corrected chi connectivity index (χ4v) is 1.69. The SMILES string of the molecule is CCN(CC(=O)OC(C)C)C(C)CN(C)C. The predicted molar refractivity (Wildman–Crippen MR) is 66.5 cm³/mol. The van der Waals surface area contributed by atoms with E-state index in [-0.39, 0.29) is 12.1 Å². The highest BCUT2D eigenvalue weighted by Crippen LogP contribution is 2.01. The van der Waals surface area contributed by atoms with E-state index in [0.29, 0.717) is 12.6 Å². The van der Waals surface area contributed by atoms with E-state index >= 15 is 0 Å². The van der Waals surface area contributed by atoms with Gasteiger partial charge < -0.3 is 9.64 Å². The van der Waals surface area contributed by atoms with Crippen LogP contribution in [0.15, 0.2) is 0 Å². The average Bonchev–Trinajstić information content (AvgIpc) is 2.11. The number of esters is 1. The van der Waals surface area contributed by atoms with Gasteiger partial charge in [-0.2, -0.15) is 0 Å². The van der Waals surface area contributed by atoms with Crippen molar-refractivity contribution in [2.45, 2.75) is 39.8 Å². The molecule has 0 bridgehead atoms. The van der Waals surface area contributed by atoms with Crippen molar-refractivity contribution in [1.82, 2.24) is 9.80 Å². The summed E-state index contributed by atoms with van der Waals surface area (Å²) in [6, 6.07) is 0.361. The van der Waals surface area contributed by atoms with Gasteiger partial charge in [-0.25, -0.2) is 0 Å². The summed E-state index contributed by atoms with van der Waals surface area (Å²) in [5.74, 6) is -0.137. The molecule has 0 saturated heterocycles. The Morgan fingerprint density at radius 1 is 1.25 bits per heavy atom. The second kappa shape index (κ2) is 7.63. The van der Waals surface area contributed by atoms with E-state index < -0.39 is 0 Å². The van der Waals surface area contributed by atoms with Crippen LogP contribution in [0.2, 0.25) is 0 Å². The molecule has 16 heavy (non-hydrogen) atoms. The van der Waals surface area contributed by atoms with Crippen LogP contribution in [0.5, 0.6) is 0 Å². The van der Waals surface area contributed by atoms with Crippen molar-refractivity contribution in [2.24, 2.45) is 0 Å². The van der Waals surface area contributed by atoms with Crippen molar-refractivity contribution in [3.05, 3.63) is 0 Å². The van der Waals surface area contributed by atoms with Gasteiger partial charge in [-0.1, -0.05) is 6.92 Å². The van der Waals surface area contributed by atoms with Crippen molar-refractivity contribution in [1.29, 1.82) is 0 Å². The van der Waals surface area contributed by atoms with Crippen LogP contribution < -0.4 is 0 Å². The lowest BCUT2D eigenvalue weighted by Crippen LogP contribution is -2.43. The van der Waals surface area contributed by atoms with Gasteiger partial charge in [0.25, 0.3) is 0 Å². The molecule has 0 rings (SSSR count). The number of ether oxygens (including phenoxy) is 1. The molecule has 0 amide bonds. The molecule has 0 aliphatic rings. The van der Waals surface area contributed by atoms with Gasteiger partial charge in [0.15, 0.2) is 0 Å². The first-order chi connectivity index (χ1) is 7.36. The third-order valence-corrected chi connectivity index (χ3v) is 2.36. The molecule has 4 nitrogen and oxygen atoms in total. The van der Waals surface area contributed by atoms with Crippen molar-refractivity contribution in [3.8, 4) is 0 Å². The normalized spacial score (nSPS) is 13.6. The Hall–Kier alpha value is -0.610. The van der Waals surface area contributed by atoms with E-state index in [1.165, 1.54) is 0 Å². The zero-order valence-corrected chi connectivity index (χ0v) is 11.5. The van der Waals surface area contributed by atoms with Crippen LogP contribution in [0.3, 0.4) is 0 Å². The number of nitrogens with zero attached hydrogens (tertiary/aromatic N) is 2. The molecule has 1 unspecified atom stereocenters. The average molecular weight is 230 g/mol. The number of likely N-dealkylation sites (N-methyl/N-ethyl adjacent to an activating group) is 2. The molecule has 96 valence electrons. The number of carbonyl (C=O) groups is 1. The third-order valence-electron chi connectivity index (χ3n) is 2.36. The molecule has 0 aromatic heterocycles. The minimum Gasteiger partial charge on any atom is -0.462 e. The number of carbonyl (C=O) groups excluding carboxylic acids is 1. The maximum absolute atomic E-state index is 11.5. The summed E-state index contributed by atoms with van der Waals surface area (Å²) < 4.78 is 5.14. The number of rotatable bonds is 7. The smallest absolute Gasteiger partial charge is 0.320 e. The molecular weight excluding hydrogens is 204 g/mol. The van der Waals surface area contributed by atoms with Crippen LogP contribution in [0.25, 0.3) is 0 Å². The molecule has 1 atom stereocenters. The Kier molecular flexibility index (Phi) is 7.34. The summed E-state index contributed by atoms with van der Waals surface area (Å²) in [7, 11) is 4.08. The summed E-state index contributed by atoms with van der Waals surface area (Å²) >= 11 is 0. The highest BCUT2D eigenvalue weighted by Gasteiger charge is 2.17. The molecule has 0 aromatic carbocycles. The van der Waals surface area contributed by atoms with Gasteiger partial charge in [0.1, 0.15) is 0 Å². The topological polar surface area (TPSA) is 32.8 Å². The predicted octanol–water partition coefficient (Wildman–Crippen LogP) is 1.21. The monoisotopic (exact) mass is 230 g/mol. The highest BCUT2D eigenvalue weighted by molar-refractivity contribution is 5.71. The van der Waals surface area contributed by atoms with Crippen LogP contribution in [0.4, 0.5) is 0 Å². The van der Waals surface area contributed by atoms with Crippen molar-refractivity contribution in [2.75, 3.05) is 33.7 Å². The molecule has 0 N–H and O–H groups in total. The quantitative estimate of drug-likeness (QED) is 0.616. The second-order valence-electron chi connectivity index (χ2n) is 4.71. The molecule has 0 radical (unpaired) electrons. The van der Waals surface area contributed by atoms with E-state index in [9.17, 15) is 4.79 Å². The van der Waals surface area contributed by atoms with E-state index in [1.54, 1.807) is 0 Å². The van der Waals surface area contributed by atoms with Gasteiger partial charge in [0.2, 0.25) is 0 Å². The van der Waals surface area contributed by atoms with Crippen LogP contribution in [0.1, 0.15) is 27.7 Å². The largest absolute Gasteiger partial charge is 0.462 e. The molecule has 0 spiro atoms. The van der Waals surface area contributed by atoms with E-state index in [0.717, 1.165) is 13.1 Å². The first kappa shape index (κ1) is 15.4. The van der Waals surface area contributed by atoms with Gasteiger partial charge in [0, 0.05) is 12.6 Å². The summed E-state index contributed by atoms with van der Waals surface area (Å²) in [5.41, 5.74) is 0. The minimum atomic E-state index is -0.137. The molecule has 4 heteroatoms. The zero-order valence-electron chi connectivity index (χ0n) is 11.5. The summed E-state index contributed by atoms with van der Waals surface area (Å²) in [6.45, 7) is 10.1. The van der Waals surface area contributed by atoms with Crippen LogP contribution in [-0.2, 0) is 9.53 Å². The van der Waals surface area contributed by atoms with Gasteiger partial charge >= 0.3 is 5.97 Å². The van der Waals surface area contributed by atoms with Crippen molar-refractivity contribution >= 4 is 5.97 Å². The molecule has 0 fully saturated rings. The Morgan fingerprint density at radius 3 is 2.19 bits per heavy atom. The van der Waals surface area contributed by atoms with Gasteiger partial charge in [0.05, 0.1) is 12.6 Å². The summed E-state index contributed by atoms with van der Waals surface area (Å²) in [4.78, 5) is 15.8. The van der Waals surface area contributed by atoms with Crippen molar-refractivity contribution < 1.29 is 9.53 Å². The number of hydrogen-bond acceptors (Lipinski definition) is 4.